The average Bonchev–Trinajstić information content (AvgIpc) is 2.77. The van der Waals surface area contributed by atoms with E-state index in [1.807, 2.05) is 0 Å². The summed E-state index contributed by atoms with van der Waals surface area (Å²) < 4.78 is 5.50. The van der Waals surface area contributed by atoms with Gasteiger partial charge in [-0.25, -0.2) is 0 Å². The number of hydrogen-bond donors (Lipinski definition) is 2. The van der Waals surface area contributed by atoms with E-state index in [1.165, 1.54) is 19.3 Å². The molecule has 2 fully saturated rings. The Kier molecular flexibility index (Phi) is 5.44. The second-order valence-corrected chi connectivity index (χ2v) is 6.99. The molecule has 2 atom stereocenters. The fourth-order valence-corrected chi connectivity index (χ4v) is 3.96. The fourth-order valence-electron chi connectivity index (χ4n) is 3.96. The molecule has 0 bridgehead atoms. The van der Waals surface area contributed by atoms with Crippen LogP contribution in [0.25, 0.3) is 0 Å². The number of hydrogen-bond acceptors (Lipinski definition) is 3. The molecule has 0 aromatic rings. The van der Waals surface area contributed by atoms with Gasteiger partial charge in [0.15, 0.2) is 0 Å². The number of carboxylic acids is 1. The van der Waals surface area contributed by atoms with Crippen molar-refractivity contribution in [2.75, 3.05) is 19.8 Å². The molecular weight excluding hydrogens is 254 g/mol. The van der Waals surface area contributed by atoms with Crippen LogP contribution in [0.2, 0.25) is 0 Å². The summed E-state index contributed by atoms with van der Waals surface area (Å²) in [6.07, 6.45) is 6.74. The Morgan fingerprint density at radius 2 is 2.05 bits per heavy atom. The zero-order valence-electron chi connectivity index (χ0n) is 12.9. The molecule has 0 radical (unpaired) electrons. The van der Waals surface area contributed by atoms with Crippen LogP contribution in [0.3, 0.4) is 0 Å². The Morgan fingerprint density at radius 3 is 2.65 bits per heavy atom. The molecule has 0 aromatic carbocycles. The van der Waals surface area contributed by atoms with Gasteiger partial charge in [-0.1, -0.05) is 20.3 Å². The minimum absolute atomic E-state index is 0.257. The number of rotatable bonds is 6. The maximum absolute atomic E-state index is 11.3. The van der Waals surface area contributed by atoms with Crippen molar-refractivity contribution >= 4 is 5.97 Å². The molecule has 1 aliphatic heterocycles. The van der Waals surface area contributed by atoms with Gasteiger partial charge in [-0.15, -0.1) is 0 Å². The van der Waals surface area contributed by atoms with E-state index in [0.717, 1.165) is 32.5 Å². The highest BCUT2D eigenvalue weighted by Gasteiger charge is 2.43. The standard InChI is InChI=1S/C16H29NO3/c1-12(2)10-13(15(18)19)11-17-14-4-3-5-16(14)6-8-20-9-7-16/h12-14,17H,3-11H2,1-2H3,(H,18,19). The van der Waals surface area contributed by atoms with Gasteiger partial charge in [-0.3, -0.25) is 4.79 Å². The van der Waals surface area contributed by atoms with E-state index in [2.05, 4.69) is 19.2 Å². The van der Waals surface area contributed by atoms with E-state index in [1.54, 1.807) is 0 Å². The first kappa shape index (κ1) is 15.8. The molecule has 2 N–H and O–H groups in total. The molecule has 2 aliphatic rings. The van der Waals surface area contributed by atoms with Gasteiger partial charge in [0.05, 0.1) is 5.92 Å². The summed E-state index contributed by atoms with van der Waals surface area (Å²) in [4.78, 5) is 11.3. The smallest absolute Gasteiger partial charge is 0.307 e. The number of carboxylic acid groups (broad SMARTS) is 1. The summed E-state index contributed by atoms with van der Waals surface area (Å²) in [6.45, 7) is 6.52. The number of aliphatic carboxylic acids is 1. The Labute approximate surface area is 122 Å². The predicted molar refractivity (Wildman–Crippen MR) is 78.7 cm³/mol. The minimum Gasteiger partial charge on any atom is -0.481 e. The minimum atomic E-state index is -0.662. The van der Waals surface area contributed by atoms with Crippen molar-refractivity contribution in [2.24, 2.45) is 17.3 Å². The molecule has 1 spiro atoms. The SMILES string of the molecule is CC(C)CC(CNC1CCCC12CCOCC2)C(=O)O. The lowest BCUT2D eigenvalue weighted by atomic mass is 9.75. The topological polar surface area (TPSA) is 58.6 Å². The van der Waals surface area contributed by atoms with Crippen molar-refractivity contribution in [3.63, 3.8) is 0 Å². The molecule has 0 aromatic heterocycles. The summed E-state index contributed by atoms with van der Waals surface area (Å²) in [6, 6.07) is 0.486. The first-order chi connectivity index (χ1) is 9.53. The summed E-state index contributed by atoms with van der Waals surface area (Å²) >= 11 is 0. The van der Waals surface area contributed by atoms with Gasteiger partial charge >= 0.3 is 5.97 Å². The largest absolute Gasteiger partial charge is 0.481 e. The molecule has 4 nitrogen and oxygen atoms in total. The molecular formula is C16H29NO3. The van der Waals surface area contributed by atoms with Gasteiger partial charge < -0.3 is 15.2 Å². The number of carbonyl (C=O) groups is 1. The van der Waals surface area contributed by atoms with Crippen LogP contribution in [0.15, 0.2) is 0 Å². The third kappa shape index (κ3) is 3.73. The summed E-state index contributed by atoms with van der Waals surface area (Å²) in [5.41, 5.74) is 0.374. The zero-order chi connectivity index (χ0) is 14.6. The second kappa shape index (κ2) is 6.90. The van der Waals surface area contributed by atoms with E-state index in [4.69, 9.17) is 4.74 Å². The van der Waals surface area contributed by atoms with Gasteiger partial charge in [0.2, 0.25) is 0 Å². The maximum Gasteiger partial charge on any atom is 0.307 e. The highest BCUT2D eigenvalue weighted by Crippen LogP contribution is 2.46. The van der Waals surface area contributed by atoms with Crippen LogP contribution in [-0.4, -0.2) is 36.9 Å². The van der Waals surface area contributed by atoms with Crippen LogP contribution in [0.5, 0.6) is 0 Å². The van der Waals surface area contributed by atoms with Crippen molar-refractivity contribution in [1.82, 2.24) is 5.32 Å². The Balaban J connectivity index is 1.89. The molecule has 1 heterocycles. The third-order valence-corrected chi connectivity index (χ3v) is 5.11. The van der Waals surface area contributed by atoms with Gasteiger partial charge in [0.25, 0.3) is 0 Å². The molecule has 116 valence electrons. The van der Waals surface area contributed by atoms with Gasteiger partial charge in [-0.2, -0.15) is 0 Å². The maximum atomic E-state index is 11.3. The van der Waals surface area contributed by atoms with Crippen molar-refractivity contribution in [3.05, 3.63) is 0 Å². The van der Waals surface area contributed by atoms with E-state index in [-0.39, 0.29) is 5.92 Å². The van der Waals surface area contributed by atoms with Crippen molar-refractivity contribution in [2.45, 2.75) is 58.4 Å². The molecule has 20 heavy (non-hydrogen) atoms. The lowest BCUT2D eigenvalue weighted by Crippen LogP contribution is -2.47. The van der Waals surface area contributed by atoms with E-state index in [0.29, 0.717) is 23.9 Å². The number of nitrogens with one attached hydrogen (secondary N) is 1. The quantitative estimate of drug-likeness (QED) is 0.787. The van der Waals surface area contributed by atoms with Crippen LogP contribution in [-0.2, 0) is 9.53 Å². The first-order valence-electron chi connectivity index (χ1n) is 8.07. The molecule has 4 heteroatoms. The van der Waals surface area contributed by atoms with E-state index in [9.17, 15) is 9.90 Å². The molecule has 1 aliphatic carbocycles. The third-order valence-electron chi connectivity index (χ3n) is 5.11. The van der Waals surface area contributed by atoms with Gasteiger partial charge in [0, 0.05) is 25.8 Å². The van der Waals surface area contributed by atoms with Crippen molar-refractivity contribution in [3.8, 4) is 0 Å². The predicted octanol–water partition coefficient (Wildman–Crippen LogP) is 2.67. The zero-order valence-corrected chi connectivity index (χ0v) is 12.9. The normalized spacial score (nSPS) is 27.1. The molecule has 2 rings (SSSR count). The Hall–Kier alpha value is -0.610. The molecule has 1 saturated carbocycles. The first-order valence-corrected chi connectivity index (χ1v) is 8.07. The van der Waals surface area contributed by atoms with Crippen molar-refractivity contribution in [1.29, 1.82) is 0 Å². The van der Waals surface area contributed by atoms with Gasteiger partial charge in [-0.05, 0) is 43.4 Å². The summed E-state index contributed by atoms with van der Waals surface area (Å²) in [7, 11) is 0. The van der Waals surface area contributed by atoms with E-state index < -0.39 is 5.97 Å². The molecule has 0 amide bonds. The van der Waals surface area contributed by atoms with Crippen LogP contribution >= 0.6 is 0 Å². The Bertz CT molecular complexity index is 324. The average molecular weight is 283 g/mol. The van der Waals surface area contributed by atoms with Crippen LogP contribution in [0.1, 0.15) is 52.4 Å². The Morgan fingerprint density at radius 1 is 1.35 bits per heavy atom. The van der Waals surface area contributed by atoms with Crippen molar-refractivity contribution < 1.29 is 14.6 Å². The van der Waals surface area contributed by atoms with Crippen LogP contribution in [0.4, 0.5) is 0 Å². The monoisotopic (exact) mass is 283 g/mol. The number of ether oxygens (including phenoxy) is 1. The molecule has 2 unspecified atom stereocenters. The lowest BCUT2D eigenvalue weighted by Gasteiger charge is -2.39. The summed E-state index contributed by atoms with van der Waals surface area (Å²) in [5, 5.41) is 12.9. The van der Waals surface area contributed by atoms with Crippen LogP contribution in [0, 0.1) is 17.3 Å². The highest BCUT2D eigenvalue weighted by molar-refractivity contribution is 5.70. The fraction of sp³-hybridized carbons (Fsp3) is 0.938. The molecule has 1 saturated heterocycles. The lowest BCUT2D eigenvalue weighted by molar-refractivity contribution is -0.142. The highest BCUT2D eigenvalue weighted by atomic mass is 16.5. The van der Waals surface area contributed by atoms with Gasteiger partial charge in [0.1, 0.15) is 0 Å². The second-order valence-electron chi connectivity index (χ2n) is 6.99. The van der Waals surface area contributed by atoms with E-state index >= 15 is 0 Å². The van der Waals surface area contributed by atoms with Crippen LogP contribution < -0.4 is 5.32 Å². The summed E-state index contributed by atoms with van der Waals surface area (Å²) in [5.74, 6) is -0.490.